The van der Waals surface area contributed by atoms with Crippen LogP contribution in [0, 0.1) is 11.3 Å². The van der Waals surface area contributed by atoms with E-state index in [2.05, 4.69) is 0 Å². The summed E-state index contributed by atoms with van der Waals surface area (Å²) >= 11 is 0. The molecule has 0 rings (SSSR count). The molecule has 78 valence electrons. The van der Waals surface area contributed by atoms with Crippen LogP contribution < -0.4 is 0 Å². The van der Waals surface area contributed by atoms with Crippen LogP contribution in [0.2, 0.25) is 0 Å². The third-order valence-electron chi connectivity index (χ3n) is 1.75. The van der Waals surface area contributed by atoms with Gasteiger partial charge in [-0.1, -0.05) is 12.5 Å². The quantitative estimate of drug-likeness (QED) is 0.383. The van der Waals surface area contributed by atoms with Gasteiger partial charge < -0.3 is 9.84 Å². The minimum absolute atomic E-state index is 0.170. The Kier molecular flexibility index (Phi) is 7.48. The lowest BCUT2D eigenvalue weighted by atomic mass is 10.1. The van der Waals surface area contributed by atoms with Gasteiger partial charge in [-0.25, -0.2) is 4.79 Å². The van der Waals surface area contributed by atoms with E-state index in [0.29, 0.717) is 6.42 Å². The van der Waals surface area contributed by atoms with Crippen molar-refractivity contribution < 1.29 is 14.6 Å². The molecule has 0 saturated carbocycles. The Morgan fingerprint density at radius 1 is 1.50 bits per heavy atom. The van der Waals surface area contributed by atoms with Gasteiger partial charge in [0.15, 0.2) is 0 Å². The molecular formula is C10H15NO3. The highest BCUT2D eigenvalue weighted by molar-refractivity contribution is 5.90. The monoisotopic (exact) mass is 197 g/mol. The number of aliphatic carboxylic acids is 1. The lowest BCUT2D eigenvalue weighted by Gasteiger charge is -1.97. The second-order valence-electron chi connectivity index (χ2n) is 2.88. The van der Waals surface area contributed by atoms with Crippen LogP contribution in [-0.4, -0.2) is 24.8 Å². The number of nitrogens with zero attached hydrogens (tertiary/aromatic N) is 1. The van der Waals surface area contributed by atoms with Crippen molar-refractivity contribution in [3.8, 4) is 6.07 Å². The van der Waals surface area contributed by atoms with Crippen LogP contribution in [0.1, 0.15) is 25.7 Å². The molecule has 0 unspecified atom stereocenters. The predicted molar refractivity (Wildman–Crippen MR) is 51.7 cm³/mol. The highest BCUT2D eigenvalue weighted by Gasteiger charge is 2.03. The van der Waals surface area contributed by atoms with Crippen LogP contribution in [0.15, 0.2) is 11.6 Å². The number of nitriles is 1. The SMILES string of the molecule is COCCCCCC=C(C#N)C(=O)O. The molecule has 0 aliphatic rings. The molecule has 0 amide bonds. The maximum Gasteiger partial charge on any atom is 0.346 e. The summed E-state index contributed by atoms with van der Waals surface area (Å²) in [5, 5.41) is 16.9. The highest BCUT2D eigenvalue weighted by Crippen LogP contribution is 2.03. The van der Waals surface area contributed by atoms with E-state index in [-0.39, 0.29) is 5.57 Å². The van der Waals surface area contributed by atoms with E-state index in [1.54, 1.807) is 13.2 Å². The number of carboxylic acids is 1. The summed E-state index contributed by atoms with van der Waals surface area (Å²) in [4.78, 5) is 10.4. The van der Waals surface area contributed by atoms with Gasteiger partial charge in [-0.3, -0.25) is 0 Å². The van der Waals surface area contributed by atoms with Crippen LogP contribution in [0.3, 0.4) is 0 Å². The second kappa shape index (κ2) is 8.27. The summed E-state index contributed by atoms with van der Waals surface area (Å²) in [5.41, 5.74) is -0.170. The third-order valence-corrected chi connectivity index (χ3v) is 1.75. The van der Waals surface area contributed by atoms with Crippen LogP contribution >= 0.6 is 0 Å². The largest absolute Gasteiger partial charge is 0.477 e. The number of hydrogen-bond donors (Lipinski definition) is 1. The fourth-order valence-corrected chi connectivity index (χ4v) is 0.995. The van der Waals surface area contributed by atoms with Crippen molar-refractivity contribution in [2.45, 2.75) is 25.7 Å². The molecular weight excluding hydrogens is 182 g/mol. The molecule has 0 aromatic carbocycles. The van der Waals surface area contributed by atoms with E-state index in [1.807, 2.05) is 0 Å². The fourth-order valence-electron chi connectivity index (χ4n) is 0.995. The number of allylic oxidation sites excluding steroid dienone is 1. The normalized spacial score (nSPS) is 11.0. The minimum Gasteiger partial charge on any atom is -0.477 e. The molecule has 0 aliphatic heterocycles. The van der Waals surface area contributed by atoms with Crippen molar-refractivity contribution in [2.24, 2.45) is 0 Å². The maximum atomic E-state index is 10.4. The molecule has 0 fully saturated rings. The van der Waals surface area contributed by atoms with Gasteiger partial charge in [-0.15, -0.1) is 0 Å². The predicted octanol–water partition coefficient (Wildman–Crippen LogP) is 1.73. The Hall–Kier alpha value is -1.34. The molecule has 4 heteroatoms. The average molecular weight is 197 g/mol. The number of methoxy groups -OCH3 is 1. The lowest BCUT2D eigenvalue weighted by Crippen LogP contribution is -1.97. The molecule has 0 spiro atoms. The standard InChI is InChI=1S/C10H15NO3/c1-14-7-5-3-2-4-6-9(8-11)10(12)13/h6H,2-5,7H2,1H3,(H,12,13). The van der Waals surface area contributed by atoms with Crippen molar-refractivity contribution in [2.75, 3.05) is 13.7 Å². The zero-order chi connectivity index (χ0) is 10.8. The van der Waals surface area contributed by atoms with Gasteiger partial charge in [-0.05, 0) is 19.3 Å². The molecule has 0 aromatic rings. The van der Waals surface area contributed by atoms with E-state index in [4.69, 9.17) is 15.1 Å². The molecule has 1 N–H and O–H groups in total. The Bertz CT molecular complexity index is 240. The van der Waals surface area contributed by atoms with Crippen molar-refractivity contribution >= 4 is 5.97 Å². The maximum absolute atomic E-state index is 10.4. The molecule has 4 nitrogen and oxygen atoms in total. The average Bonchev–Trinajstić information content (AvgIpc) is 2.16. The van der Waals surface area contributed by atoms with E-state index in [0.717, 1.165) is 25.9 Å². The van der Waals surface area contributed by atoms with Crippen molar-refractivity contribution in [1.82, 2.24) is 0 Å². The van der Waals surface area contributed by atoms with Gasteiger partial charge in [0, 0.05) is 13.7 Å². The number of hydrogen-bond acceptors (Lipinski definition) is 3. The first kappa shape index (κ1) is 12.7. The van der Waals surface area contributed by atoms with Crippen LogP contribution in [-0.2, 0) is 9.53 Å². The van der Waals surface area contributed by atoms with Gasteiger partial charge in [0.2, 0.25) is 0 Å². The van der Waals surface area contributed by atoms with Crippen molar-refractivity contribution in [3.05, 3.63) is 11.6 Å². The van der Waals surface area contributed by atoms with Gasteiger partial charge in [0.05, 0.1) is 0 Å². The molecule has 14 heavy (non-hydrogen) atoms. The minimum atomic E-state index is -1.15. The number of ether oxygens (including phenoxy) is 1. The van der Waals surface area contributed by atoms with Gasteiger partial charge in [-0.2, -0.15) is 5.26 Å². The number of carboxylic acid groups (broad SMARTS) is 1. The second-order valence-corrected chi connectivity index (χ2v) is 2.88. The van der Waals surface area contributed by atoms with Gasteiger partial charge in [0.1, 0.15) is 11.6 Å². The Labute approximate surface area is 83.8 Å². The summed E-state index contributed by atoms with van der Waals surface area (Å²) in [5.74, 6) is -1.15. The molecule has 0 atom stereocenters. The van der Waals surface area contributed by atoms with Gasteiger partial charge >= 0.3 is 5.97 Å². The summed E-state index contributed by atoms with van der Waals surface area (Å²) in [7, 11) is 1.65. The van der Waals surface area contributed by atoms with Crippen molar-refractivity contribution in [1.29, 1.82) is 5.26 Å². The number of unbranched alkanes of at least 4 members (excludes halogenated alkanes) is 3. The number of carbonyl (C=O) groups is 1. The van der Waals surface area contributed by atoms with Crippen LogP contribution in [0.4, 0.5) is 0 Å². The van der Waals surface area contributed by atoms with E-state index < -0.39 is 5.97 Å². The molecule has 0 bridgehead atoms. The van der Waals surface area contributed by atoms with Crippen LogP contribution in [0.25, 0.3) is 0 Å². The fraction of sp³-hybridized carbons (Fsp3) is 0.600. The van der Waals surface area contributed by atoms with E-state index in [1.165, 1.54) is 6.08 Å². The highest BCUT2D eigenvalue weighted by atomic mass is 16.5. The summed E-state index contributed by atoms with van der Waals surface area (Å²) in [6.45, 7) is 0.730. The zero-order valence-corrected chi connectivity index (χ0v) is 8.32. The molecule has 0 radical (unpaired) electrons. The smallest absolute Gasteiger partial charge is 0.346 e. The zero-order valence-electron chi connectivity index (χ0n) is 8.32. The topological polar surface area (TPSA) is 70.3 Å². The van der Waals surface area contributed by atoms with Crippen molar-refractivity contribution in [3.63, 3.8) is 0 Å². The molecule has 0 aromatic heterocycles. The first-order valence-corrected chi connectivity index (χ1v) is 4.55. The Morgan fingerprint density at radius 3 is 2.71 bits per heavy atom. The summed E-state index contributed by atoms with van der Waals surface area (Å²) < 4.78 is 4.87. The number of rotatable bonds is 7. The summed E-state index contributed by atoms with van der Waals surface area (Å²) in [6, 6.07) is 1.64. The Balaban J connectivity index is 3.60. The van der Waals surface area contributed by atoms with Crippen LogP contribution in [0.5, 0.6) is 0 Å². The van der Waals surface area contributed by atoms with Gasteiger partial charge in [0.25, 0.3) is 0 Å². The van der Waals surface area contributed by atoms with E-state index >= 15 is 0 Å². The molecule has 0 heterocycles. The molecule has 0 aliphatic carbocycles. The third kappa shape index (κ3) is 6.21. The first-order valence-electron chi connectivity index (χ1n) is 4.55. The first-order chi connectivity index (χ1) is 6.72. The molecule has 0 saturated heterocycles. The lowest BCUT2D eigenvalue weighted by molar-refractivity contribution is -0.132. The Morgan fingerprint density at radius 2 is 2.21 bits per heavy atom. The summed E-state index contributed by atoms with van der Waals surface area (Å²) in [6.07, 6.45) is 4.96. The van der Waals surface area contributed by atoms with E-state index in [9.17, 15) is 4.79 Å².